The number of carbonyl (C=O) groups excluding carboxylic acids is 2. The minimum Gasteiger partial charge on any atom is -0.487 e. The summed E-state index contributed by atoms with van der Waals surface area (Å²) in [6.07, 6.45) is 0. The third-order valence-corrected chi connectivity index (χ3v) is 9.77. The zero-order valence-electron chi connectivity index (χ0n) is 40.2. The van der Waals surface area contributed by atoms with Crippen molar-refractivity contribution >= 4 is 11.9 Å². The third kappa shape index (κ3) is 24.9. The number of rotatable bonds is 6. The van der Waals surface area contributed by atoms with Crippen molar-refractivity contribution in [1.29, 1.82) is 0 Å². The molecule has 0 unspecified atom stereocenters. The highest BCUT2D eigenvalue weighted by Gasteiger charge is 2.15. The summed E-state index contributed by atoms with van der Waals surface area (Å²) in [6, 6.07) is 16.6. The molecule has 0 bridgehead atoms. The summed E-state index contributed by atoms with van der Waals surface area (Å²) in [5.74, 6) is 0.761. The van der Waals surface area contributed by atoms with Gasteiger partial charge in [-0.25, -0.2) is 9.59 Å². The molecule has 0 saturated heterocycles. The van der Waals surface area contributed by atoms with Crippen LogP contribution in [0.25, 0.3) is 0 Å². The second kappa shape index (κ2) is 37.1. The summed E-state index contributed by atoms with van der Waals surface area (Å²) in [6.45, 7) is 11.2. The van der Waals surface area contributed by atoms with Crippen LogP contribution in [0.4, 0.5) is 0 Å². The zero-order valence-corrected chi connectivity index (χ0v) is 40.2. The molecule has 0 aromatic heterocycles. The Bertz CT molecular complexity index is 1700. The second-order valence-corrected chi connectivity index (χ2v) is 15.0. The fraction of sp³-hybridized carbons (Fsp3) is 0.600. The molecule has 0 aliphatic carbocycles. The van der Waals surface area contributed by atoms with Gasteiger partial charge >= 0.3 is 11.9 Å². The first-order chi connectivity index (χ1) is 34.7. The van der Waals surface area contributed by atoms with Crippen molar-refractivity contribution in [2.45, 2.75) is 13.2 Å². The Hall–Kier alpha value is -4.68. The molecule has 2 heterocycles. The summed E-state index contributed by atoms with van der Waals surface area (Å²) in [4.78, 5) is 26.2. The Balaban J connectivity index is 1.08. The molecule has 0 saturated carbocycles. The topological polar surface area (TPSA) is 200 Å². The van der Waals surface area contributed by atoms with E-state index in [1.807, 2.05) is 0 Å². The average Bonchev–Trinajstić information content (AvgIpc) is 3.38. The van der Waals surface area contributed by atoms with Crippen LogP contribution in [-0.2, 0) is 79.5 Å². The van der Waals surface area contributed by atoms with Crippen LogP contribution in [0.5, 0.6) is 23.0 Å². The largest absolute Gasteiger partial charge is 0.487 e. The van der Waals surface area contributed by atoms with Crippen LogP contribution in [0.3, 0.4) is 0 Å². The molecule has 2 aliphatic heterocycles. The van der Waals surface area contributed by atoms with Crippen molar-refractivity contribution in [3.63, 3.8) is 0 Å². The molecular formula is C50H70O20. The molecule has 0 fully saturated rings. The van der Waals surface area contributed by atoms with E-state index in [2.05, 4.69) is 0 Å². The van der Waals surface area contributed by atoms with E-state index in [0.717, 1.165) is 0 Å². The highest BCUT2D eigenvalue weighted by Crippen LogP contribution is 2.30. The molecule has 0 radical (unpaired) electrons. The molecule has 0 N–H and O–H groups in total. The summed E-state index contributed by atoms with van der Waals surface area (Å²) in [5.41, 5.74) is 1.86. The van der Waals surface area contributed by atoms with E-state index in [1.54, 1.807) is 36.4 Å². The van der Waals surface area contributed by atoms with Gasteiger partial charge in [0.1, 0.15) is 39.6 Å². The number of hydrogen-bond acceptors (Lipinski definition) is 20. The zero-order chi connectivity index (χ0) is 48.8. The number of ether oxygens (including phenoxy) is 18. The fourth-order valence-corrected chi connectivity index (χ4v) is 6.20. The van der Waals surface area contributed by atoms with Crippen LogP contribution < -0.4 is 18.9 Å². The Morgan fingerprint density at radius 2 is 0.500 bits per heavy atom. The molecule has 20 nitrogen and oxygen atoms in total. The number of fused-ring (bicyclic) bond motifs is 2. The van der Waals surface area contributed by atoms with Crippen molar-refractivity contribution in [3.8, 4) is 23.0 Å². The first-order valence-corrected chi connectivity index (χ1v) is 23.8. The summed E-state index contributed by atoms with van der Waals surface area (Å²) in [7, 11) is 0. The lowest BCUT2D eigenvalue weighted by Gasteiger charge is -2.15. The molecule has 2 aliphatic rings. The average molecular weight is 991 g/mol. The normalized spacial score (nSPS) is 19.0. The predicted octanol–water partition coefficient (Wildman–Crippen LogP) is 4.14. The fourth-order valence-electron chi connectivity index (χ4n) is 6.20. The number of hydrogen-bond donors (Lipinski definition) is 0. The van der Waals surface area contributed by atoms with Crippen LogP contribution in [-0.4, -0.2) is 197 Å². The summed E-state index contributed by atoms with van der Waals surface area (Å²) in [5, 5.41) is 0. The lowest BCUT2D eigenvalue weighted by Crippen LogP contribution is -2.16. The third-order valence-electron chi connectivity index (χ3n) is 9.77. The molecule has 390 valence electrons. The van der Waals surface area contributed by atoms with Gasteiger partial charge in [-0.2, -0.15) is 0 Å². The van der Waals surface area contributed by atoms with Gasteiger partial charge in [-0.15, -0.1) is 0 Å². The van der Waals surface area contributed by atoms with E-state index >= 15 is 0 Å². The van der Waals surface area contributed by atoms with Crippen LogP contribution in [0, 0.1) is 0 Å². The molecule has 0 amide bonds. The van der Waals surface area contributed by atoms with E-state index in [9.17, 15) is 9.59 Å². The molecule has 3 aromatic rings. The molecule has 5 rings (SSSR count). The maximum Gasteiger partial charge on any atom is 0.338 e. The Morgan fingerprint density at radius 3 is 0.743 bits per heavy atom. The quantitative estimate of drug-likeness (QED) is 0.319. The lowest BCUT2D eigenvalue weighted by atomic mass is 10.1. The van der Waals surface area contributed by atoms with Gasteiger partial charge < -0.3 is 85.3 Å². The van der Waals surface area contributed by atoms with Gasteiger partial charge in [-0.1, -0.05) is 12.1 Å². The predicted molar refractivity (Wildman–Crippen MR) is 249 cm³/mol. The van der Waals surface area contributed by atoms with Gasteiger partial charge in [0.15, 0.2) is 23.0 Å². The van der Waals surface area contributed by atoms with Crippen molar-refractivity contribution in [2.24, 2.45) is 0 Å². The maximum absolute atomic E-state index is 13.1. The van der Waals surface area contributed by atoms with Gasteiger partial charge in [0, 0.05) is 0 Å². The maximum atomic E-state index is 13.1. The second-order valence-electron chi connectivity index (χ2n) is 15.0. The van der Waals surface area contributed by atoms with E-state index in [0.29, 0.717) is 193 Å². The highest BCUT2D eigenvalue weighted by molar-refractivity contribution is 5.93. The van der Waals surface area contributed by atoms with Crippen LogP contribution in [0.1, 0.15) is 31.8 Å². The molecule has 20 heteroatoms. The van der Waals surface area contributed by atoms with Crippen molar-refractivity contribution in [3.05, 3.63) is 82.9 Å². The number of carbonyl (C=O) groups is 2. The van der Waals surface area contributed by atoms with Crippen LogP contribution >= 0.6 is 0 Å². The standard InChI is InChI=1S/C50H70O20/c51-49(69-39-41-1-7-45-47(37-41)67-35-31-63-27-23-59-19-15-55-11-9-53-13-17-57-21-25-61-29-33-65-45)43-3-5-44(6-4-43)50(52)70-40-42-2-8-46-48(38-42)68-36-32-64-28-24-60-20-16-56-12-10-54-14-18-58-22-26-62-30-34-66-46/h1-8,37-38H,9-36,39-40H2. The monoisotopic (exact) mass is 990 g/mol. The van der Waals surface area contributed by atoms with Gasteiger partial charge in [-0.05, 0) is 59.7 Å². The molecule has 0 spiro atoms. The van der Waals surface area contributed by atoms with Crippen molar-refractivity contribution < 1.29 is 94.9 Å². The van der Waals surface area contributed by atoms with E-state index in [-0.39, 0.29) is 50.8 Å². The van der Waals surface area contributed by atoms with E-state index in [4.69, 9.17) is 85.3 Å². The van der Waals surface area contributed by atoms with Gasteiger partial charge in [-0.3, -0.25) is 0 Å². The summed E-state index contributed by atoms with van der Waals surface area (Å²) >= 11 is 0. The van der Waals surface area contributed by atoms with Gasteiger partial charge in [0.25, 0.3) is 0 Å². The smallest absolute Gasteiger partial charge is 0.338 e. The molecular weight excluding hydrogens is 921 g/mol. The minimum absolute atomic E-state index is 0.0433. The van der Waals surface area contributed by atoms with Gasteiger partial charge in [0.2, 0.25) is 0 Å². The molecule has 70 heavy (non-hydrogen) atoms. The van der Waals surface area contributed by atoms with Gasteiger partial charge in [0.05, 0.1) is 170 Å². The lowest BCUT2D eigenvalue weighted by molar-refractivity contribution is -0.0193. The SMILES string of the molecule is O=C(OCc1ccc2c(c1)OCCOCCOCCOCCOCCOCCOCCO2)c1ccc(C(=O)OCc2ccc3c(c2)OCCOCCOCCOCCOCCOCCOCCO3)cc1. The first-order valence-electron chi connectivity index (χ1n) is 23.8. The number of esters is 2. The Labute approximate surface area is 410 Å². The molecule has 0 atom stereocenters. The summed E-state index contributed by atoms with van der Waals surface area (Å²) < 4.78 is 102. The van der Waals surface area contributed by atoms with Crippen molar-refractivity contribution in [1.82, 2.24) is 0 Å². The van der Waals surface area contributed by atoms with Crippen LogP contribution in [0.15, 0.2) is 60.7 Å². The Morgan fingerprint density at radius 1 is 0.286 bits per heavy atom. The number of benzene rings is 3. The molecule has 3 aromatic carbocycles. The van der Waals surface area contributed by atoms with E-state index in [1.165, 1.54) is 24.3 Å². The van der Waals surface area contributed by atoms with Crippen molar-refractivity contribution in [2.75, 3.05) is 185 Å². The first kappa shape index (κ1) is 56.2. The highest BCUT2D eigenvalue weighted by atomic mass is 16.6. The van der Waals surface area contributed by atoms with E-state index < -0.39 is 11.9 Å². The Kier molecular flexibility index (Phi) is 29.8. The minimum atomic E-state index is -0.577. The van der Waals surface area contributed by atoms with Crippen LogP contribution in [0.2, 0.25) is 0 Å².